The number of nitrogens with zero attached hydrogens (tertiary/aromatic N) is 2. The minimum atomic E-state index is -0.143. The Morgan fingerprint density at radius 3 is 2.61 bits per heavy atom. The summed E-state index contributed by atoms with van der Waals surface area (Å²) in [6.45, 7) is 6.08. The lowest BCUT2D eigenvalue weighted by molar-refractivity contribution is 0.102. The number of hydrogen-bond donors (Lipinski definition) is 1. The van der Waals surface area contributed by atoms with Crippen molar-refractivity contribution in [3.63, 3.8) is 0 Å². The van der Waals surface area contributed by atoms with Gasteiger partial charge in [-0.15, -0.1) is 11.3 Å². The fraction of sp³-hybridized carbons (Fsp3) is 0.182. The third-order valence-electron chi connectivity index (χ3n) is 4.72. The number of aromatic nitrogens is 2. The van der Waals surface area contributed by atoms with Gasteiger partial charge in [0.25, 0.3) is 5.91 Å². The van der Waals surface area contributed by atoms with Gasteiger partial charge in [-0.1, -0.05) is 29.8 Å². The maximum absolute atomic E-state index is 13.0. The zero-order valence-corrected chi connectivity index (χ0v) is 17.1. The number of thiazole rings is 1. The molecule has 2 aromatic heterocycles. The summed E-state index contributed by atoms with van der Waals surface area (Å²) in [6, 6.07) is 11.9. The third-order valence-corrected chi connectivity index (χ3v) is 5.56. The van der Waals surface area contributed by atoms with Crippen LogP contribution >= 0.6 is 11.3 Å². The largest absolute Gasteiger partial charge is 0.497 e. The minimum absolute atomic E-state index is 0.143. The minimum Gasteiger partial charge on any atom is -0.497 e. The lowest BCUT2D eigenvalue weighted by Gasteiger charge is -2.12. The molecule has 1 N–H and O–H groups in total. The number of benzene rings is 2. The summed E-state index contributed by atoms with van der Waals surface area (Å²) in [5.74, 6) is 0.632. The van der Waals surface area contributed by atoms with Crippen LogP contribution in [0.1, 0.15) is 27.2 Å². The molecule has 0 spiro atoms. The number of imidazole rings is 1. The first-order valence-corrected chi connectivity index (χ1v) is 9.84. The highest BCUT2D eigenvalue weighted by atomic mass is 32.1. The van der Waals surface area contributed by atoms with Crippen molar-refractivity contribution in [3.8, 4) is 17.0 Å². The molecule has 0 saturated heterocycles. The molecule has 4 aromatic rings. The molecular weight excluding hydrogens is 370 g/mol. The first-order chi connectivity index (χ1) is 13.5. The van der Waals surface area contributed by atoms with Crippen LogP contribution in [-0.2, 0) is 0 Å². The number of aryl methyl sites for hydroxylation is 3. The summed E-state index contributed by atoms with van der Waals surface area (Å²) >= 11 is 1.45. The van der Waals surface area contributed by atoms with E-state index in [9.17, 15) is 4.79 Å². The van der Waals surface area contributed by atoms with Gasteiger partial charge in [-0.25, -0.2) is 4.98 Å². The lowest BCUT2D eigenvalue weighted by atomic mass is 10.1. The van der Waals surface area contributed by atoms with Gasteiger partial charge in [-0.2, -0.15) is 0 Å². The average molecular weight is 391 g/mol. The van der Waals surface area contributed by atoms with Crippen molar-refractivity contribution in [1.29, 1.82) is 0 Å². The van der Waals surface area contributed by atoms with E-state index in [2.05, 4.69) is 29.4 Å². The molecule has 28 heavy (non-hydrogen) atoms. The Morgan fingerprint density at radius 1 is 1.14 bits per heavy atom. The zero-order valence-electron chi connectivity index (χ0n) is 16.2. The van der Waals surface area contributed by atoms with Crippen molar-refractivity contribution in [1.82, 2.24) is 9.38 Å². The molecular formula is C22H21N3O2S. The second-order valence-electron chi connectivity index (χ2n) is 6.86. The Balaban J connectivity index is 1.68. The Bertz CT molecular complexity index is 1170. The van der Waals surface area contributed by atoms with Gasteiger partial charge in [0.15, 0.2) is 4.96 Å². The molecule has 6 heteroatoms. The number of amides is 1. The van der Waals surface area contributed by atoms with Crippen LogP contribution in [0.4, 0.5) is 5.69 Å². The van der Waals surface area contributed by atoms with Crippen molar-refractivity contribution in [2.45, 2.75) is 20.8 Å². The van der Waals surface area contributed by atoms with Gasteiger partial charge in [0.2, 0.25) is 0 Å². The quantitative estimate of drug-likeness (QED) is 0.517. The number of hydrogen-bond acceptors (Lipinski definition) is 4. The lowest BCUT2D eigenvalue weighted by Crippen LogP contribution is -2.15. The molecule has 0 fully saturated rings. The van der Waals surface area contributed by atoms with Crippen LogP contribution < -0.4 is 10.1 Å². The van der Waals surface area contributed by atoms with E-state index in [4.69, 9.17) is 4.74 Å². The molecule has 0 aliphatic rings. The maximum Gasteiger partial charge on any atom is 0.273 e. The van der Waals surface area contributed by atoms with Crippen LogP contribution in [0.3, 0.4) is 0 Å². The molecule has 2 heterocycles. The van der Waals surface area contributed by atoms with E-state index in [0.717, 1.165) is 38.8 Å². The van der Waals surface area contributed by atoms with E-state index in [1.165, 1.54) is 16.9 Å². The summed E-state index contributed by atoms with van der Waals surface area (Å²) in [5.41, 5.74) is 6.49. The van der Waals surface area contributed by atoms with Crippen molar-refractivity contribution < 1.29 is 9.53 Å². The fourth-order valence-electron chi connectivity index (χ4n) is 3.42. The predicted molar refractivity (Wildman–Crippen MR) is 114 cm³/mol. The molecule has 142 valence electrons. The van der Waals surface area contributed by atoms with Gasteiger partial charge < -0.3 is 10.1 Å². The average Bonchev–Trinajstić information content (AvgIpc) is 3.25. The second kappa shape index (κ2) is 7.13. The van der Waals surface area contributed by atoms with Crippen LogP contribution in [0.25, 0.3) is 16.2 Å². The number of nitrogens with one attached hydrogen (secondary N) is 1. The zero-order chi connectivity index (χ0) is 19.8. The van der Waals surface area contributed by atoms with Gasteiger partial charge in [-0.3, -0.25) is 9.20 Å². The van der Waals surface area contributed by atoms with E-state index >= 15 is 0 Å². The van der Waals surface area contributed by atoms with Crippen molar-refractivity contribution in [2.24, 2.45) is 0 Å². The number of fused-ring (bicyclic) bond motifs is 1. The number of rotatable bonds is 4. The predicted octanol–water partition coefficient (Wildman–Crippen LogP) is 5.25. The van der Waals surface area contributed by atoms with Crippen molar-refractivity contribution in [2.75, 3.05) is 12.4 Å². The molecule has 5 nitrogen and oxygen atoms in total. The topological polar surface area (TPSA) is 55.6 Å². The third kappa shape index (κ3) is 3.27. The molecule has 0 aliphatic carbocycles. The molecule has 1 amide bonds. The van der Waals surface area contributed by atoms with Gasteiger partial charge in [-0.05, 0) is 44.0 Å². The Morgan fingerprint density at radius 2 is 1.89 bits per heavy atom. The summed E-state index contributed by atoms with van der Waals surface area (Å²) in [7, 11) is 1.64. The molecule has 0 unspecified atom stereocenters. The standard InChI is InChI=1S/C22H21N3O2S/c1-13-8-14(2)20(15(3)9-13)24-21(26)19-12-28-22-23-18(11-25(19)22)16-6-5-7-17(10-16)27-4/h5-12H,1-4H3,(H,24,26). The van der Waals surface area contributed by atoms with Gasteiger partial charge in [0, 0.05) is 22.8 Å². The van der Waals surface area contributed by atoms with E-state index in [1.807, 2.05) is 54.1 Å². The van der Waals surface area contributed by atoms with Crippen LogP contribution in [-0.4, -0.2) is 22.4 Å². The Hall–Kier alpha value is -3.12. The summed E-state index contributed by atoms with van der Waals surface area (Å²) in [5, 5.41) is 4.91. The second-order valence-corrected chi connectivity index (χ2v) is 7.70. The van der Waals surface area contributed by atoms with Crippen LogP contribution in [0.15, 0.2) is 48.0 Å². The van der Waals surface area contributed by atoms with Crippen LogP contribution in [0.5, 0.6) is 5.75 Å². The van der Waals surface area contributed by atoms with E-state index in [1.54, 1.807) is 7.11 Å². The van der Waals surface area contributed by atoms with Crippen molar-refractivity contribution in [3.05, 3.63) is 70.4 Å². The number of ether oxygens (including phenoxy) is 1. The van der Waals surface area contributed by atoms with Crippen LogP contribution in [0.2, 0.25) is 0 Å². The highest BCUT2D eigenvalue weighted by molar-refractivity contribution is 7.15. The SMILES string of the molecule is COc1cccc(-c2cn3c(C(=O)Nc4c(C)cc(C)cc4C)csc3n2)c1. The Kier molecular flexibility index (Phi) is 4.65. The summed E-state index contributed by atoms with van der Waals surface area (Å²) in [6.07, 6.45) is 1.89. The fourth-order valence-corrected chi connectivity index (χ4v) is 4.28. The molecule has 0 atom stereocenters. The van der Waals surface area contributed by atoms with Crippen LogP contribution in [0, 0.1) is 20.8 Å². The van der Waals surface area contributed by atoms with E-state index in [-0.39, 0.29) is 5.91 Å². The highest BCUT2D eigenvalue weighted by Gasteiger charge is 2.17. The number of carbonyl (C=O) groups is 1. The number of methoxy groups -OCH3 is 1. The van der Waals surface area contributed by atoms with Gasteiger partial charge in [0.1, 0.15) is 11.4 Å². The molecule has 4 rings (SSSR count). The molecule has 0 saturated carbocycles. The van der Waals surface area contributed by atoms with Gasteiger partial charge >= 0.3 is 0 Å². The highest BCUT2D eigenvalue weighted by Crippen LogP contribution is 2.27. The monoisotopic (exact) mass is 391 g/mol. The summed E-state index contributed by atoms with van der Waals surface area (Å²) < 4.78 is 7.14. The van der Waals surface area contributed by atoms with Gasteiger partial charge in [0.05, 0.1) is 12.8 Å². The van der Waals surface area contributed by atoms with E-state index < -0.39 is 0 Å². The Labute approximate surface area is 167 Å². The number of anilines is 1. The molecule has 0 radical (unpaired) electrons. The number of carbonyl (C=O) groups excluding carboxylic acids is 1. The maximum atomic E-state index is 13.0. The van der Waals surface area contributed by atoms with Crippen molar-refractivity contribution >= 4 is 27.9 Å². The van der Waals surface area contributed by atoms with E-state index in [0.29, 0.717) is 5.69 Å². The summed E-state index contributed by atoms with van der Waals surface area (Å²) in [4.78, 5) is 18.4. The molecule has 0 bridgehead atoms. The first-order valence-electron chi connectivity index (χ1n) is 8.96. The molecule has 0 aliphatic heterocycles. The smallest absolute Gasteiger partial charge is 0.273 e. The molecule has 2 aromatic carbocycles. The first kappa shape index (κ1) is 18.3. The normalized spacial score (nSPS) is 11.0.